The number of rotatable bonds is 4. The first-order valence-corrected chi connectivity index (χ1v) is 13.0. The lowest BCUT2D eigenvalue weighted by atomic mass is 10.0. The number of fused-ring (bicyclic) bond motifs is 5. The molecule has 1 amide bonds. The largest absolute Gasteiger partial charge is 0.493 e. The molecule has 1 N–H and O–H groups in total. The average molecular weight is 505 g/mol. The highest BCUT2D eigenvalue weighted by molar-refractivity contribution is 5.76. The summed E-state index contributed by atoms with van der Waals surface area (Å²) in [4.78, 5) is 19.9. The molecule has 3 aliphatic rings. The molecule has 1 aliphatic carbocycles. The van der Waals surface area contributed by atoms with Crippen molar-refractivity contribution in [2.75, 3.05) is 20.2 Å². The quantitative estimate of drug-likeness (QED) is 0.570. The molecule has 2 aliphatic heterocycles. The van der Waals surface area contributed by atoms with Gasteiger partial charge in [-0.25, -0.2) is 0 Å². The molecule has 2 atom stereocenters. The number of likely N-dealkylation sites (tertiary alicyclic amines) is 1. The number of nitrogens with zero attached hydrogens (tertiary/aromatic N) is 3. The molecule has 1 saturated carbocycles. The summed E-state index contributed by atoms with van der Waals surface area (Å²) >= 11 is 0. The lowest BCUT2D eigenvalue weighted by molar-refractivity contribution is -0.124. The standard InChI is InChI=1S/C28H32N4O5/c1-34-24-9-5-18-6-10-27(33)29-22-15-32(16-26-30-28(37-31-26)20-7-8-20)12-11-23(22)35-17-19-3-2-4-21(13-19)36-25(24)14-18/h2-5,9,13-14,20,22-23H,6-8,10-12,15-17H2,1H3,(H,29,33)/t22-,23+/m0/s1. The van der Waals surface area contributed by atoms with E-state index >= 15 is 0 Å². The van der Waals surface area contributed by atoms with Gasteiger partial charge in [-0.2, -0.15) is 4.98 Å². The van der Waals surface area contributed by atoms with Gasteiger partial charge in [0.05, 0.1) is 32.4 Å². The van der Waals surface area contributed by atoms with Gasteiger partial charge < -0.3 is 24.1 Å². The van der Waals surface area contributed by atoms with Gasteiger partial charge in [-0.15, -0.1) is 0 Å². The fraction of sp³-hybridized carbons (Fsp3) is 0.464. The van der Waals surface area contributed by atoms with Crippen molar-refractivity contribution in [3.05, 3.63) is 65.3 Å². The first-order chi connectivity index (χ1) is 18.1. The van der Waals surface area contributed by atoms with E-state index in [0.29, 0.717) is 55.8 Å². The van der Waals surface area contributed by atoms with E-state index in [-0.39, 0.29) is 18.1 Å². The van der Waals surface area contributed by atoms with Crippen molar-refractivity contribution in [2.45, 2.75) is 63.3 Å². The third-order valence-corrected chi connectivity index (χ3v) is 7.21. The van der Waals surface area contributed by atoms with Gasteiger partial charge in [0.1, 0.15) is 5.75 Å². The fourth-order valence-corrected chi connectivity index (χ4v) is 5.03. The van der Waals surface area contributed by atoms with Gasteiger partial charge in [0, 0.05) is 25.4 Å². The van der Waals surface area contributed by atoms with Gasteiger partial charge in [-0.05, 0) is 61.1 Å². The molecule has 1 saturated heterocycles. The van der Waals surface area contributed by atoms with Crippen molar-refractivity contribution in [2.24, 2.45) is 0 Å². The lowest BCUT2D eigenvalue weighted by Crippen LogP contribution is -2.55. The van der Waals surface area contributed by atoms with Crippen LogP contribution in [-0.4, -0.2) is 53.3 Å². The zero-order valence-electron chi connectivity index (χ0n) is 21.0. The van der Waals surface area contributed by atoms with E-state index in [2.05, 4.69) is 20.4 Å². The number of methoxy groups -OCH3 is 1. The number of carbonyl (C=O) groups is 1. The Kier molecular flexibility index (Phi) is 6.80. The molecular weight excluding hydrogens is 472 g/mol. The SMILES string of the molecule is COc1ccc2cc1Oc1cccc(c1)CO[C@@H]1CCN(Cc3noc(C4CC4)n3)C[C@@H]1NC(=O)CC2. The molecule has 37 heavy (non-hydrogen) atoms. The van der Waals surface area contributed by atoms with Gasteiger partial charge in [0.2, 0.25) is 11.8 Å². The first-order valence-electron chi connectivity index (χ1n) is 13.0. The number of aromatic nitrogens is 2. The van der Waals surface area contributed by atoms with Gasteiger partial charge in [0.15, 0.2) is 17.3 Å². The van der Waals surface area contributed by atoms with Crippen molar-refractivity contribution < 1.29 is 23.5 Å². The molecule has 9 heteroatoms. The highest BCUT2D eigenvalue weighted by Crippen LogP contribution is 2.39. The van der Waals surface area contributed by atoms with Crippen molar-refractivity contribution in [3.8, 4) is 17.2 Å². The molecule has 0 unspecified atom stereocenters. The minimum atomic E-state index is -0.132. The second-order valence-electron chi connectivity index (χ2n) is 10.1. The third kappa shape index (κ3) is 5.78. The lowest BCUT2D eigenvalue weighted by Gasteiger charge is -2.38. The minimum absolute atomic E-state index is 0.00440. The summed E-state index contributed by atoms with van der Waals surface area (Å²) in [6, 6.07) is 13.6. The summed E-state index contributed by atoms with van der Waals surface area (Å²) in [6.07, 6.45) is 3.94. The van der Waals surface area contributed by atoms with Crippen molar-refractivity contribution in [1.29, 1.82) is 0 Å². The van der Waals surface area contributed by atoms with E-state index < -0.39 is 0 Å². The summed E-state index contributed by atoms with van der Waals surface area (Å²) < 4.78 is 23.5. The van der Waals surface area contributed by atoms with Crippen LogP contribution < -0.4 is 14.8 Å². The van der Waals surface area contributed by atoms with Crippen LogP contribution in [-0.2, 0) is 29.1 Å². The number of hydrogen-bond acceptors (Lipinski definition) is 8. The molecule has 2 aromatic carbocycles. The smallest absolute Gasteiger partial charge is 0.229 e. The van der Waals surface area contributed by atoms with Crippen LogP contribution in [0.15, 0.2) is 47.0 Å². The molecule has 6 rings (SSSR count). The number of aryl methyl sites for hydroxylation is 1. The van der Waals surface area contributed by atoms with Crippen molar-refractivity contribution in [1.82, 2.24) is 20.4 Å². The van der Waals surface area contributed by atoms with E-state index in [0.717, 1.165) is 48.6 Å². The average Bonchev–Trinajstić information content (AvgIpc) is 3.65. The molecule has 194 valence electrons. The van der Waals surface area contributed by atoms with Crippen molar-refractivity contribution >= 4 is 5.91 Å². The third-order valence-electron chi connectivity index (χ3n) is 7.21. The maximum atomic E-state index is 13.0. The number of hydrogen-bond donors (Lipinski definition) is 1. The van der Waals surface area contributed by atoms with Crippen LogP contribution in [0.4, 0.5) is 0 Å². The Bertz CT molecular complexity index is 1260. The molecule has 1 aromatic heterocycles. The van der Waals surface area contributed by atoms with Crippen LogP contribution >= 0.6 is 0 Å². The molecule has 4 bridgehead atoms. The van der Waals surface area contributed by atoms with Crippen LogP contribution in [0.25, 0.3) is 0 Å². The fourth-order valence-electron chi connectivity index (χ4n) is 5.03. The number of nitrogens with one attached hydrogen (secondary N) is 1. The number of carbonyl (C=O) groups excluding carboxylic acids is 1. The van der Waals surface area contributed by atoms with Crippen LogP contribution in [0.5, 0.6) is 17.2 Å². The normalized spacial score (nSPS) is 22.7. The van der Waals surface area contributed by atoms with Gasteiger partial charge >= 0.3 is 0 Å². The number of piperidine rings is 1. The Hall–Kier alpha value is -3.43. The highest BCUT2D eigenvalue weighted by atomic mass is 16.5. The van der Waals surface area contributed by atoms with E-state index in [1.807, 2.05) is 42.5 Å². The summed E-state index contributed by atoms with van der Waals surface area (Å²) in [6.45, 7) is 2.53. The molecule has 3 heterocycles. The Labute approximate surface area is 216 Å². The van der Waals surface area contributed by atoms with E-state index in [4.69, 9.17) is 18.7 Å². The minimum Gasteiger partial charge on any atom is -0.493 e. The van der Waals surface area contributed by atoms with Gasteiger partial charge in [-0.3, -0.25) is 9.69 Å². The van der Waals surface area contributed by atoms with Gasteiger partial charge in [-0.1, -0.05) is 23.4 Å². The molecule has 0 radical (unpaired) electrons. The number of ether oxygens (including phenoxy) is 3. The zero-order valence-corrected chi connectivity index (χ0v) is 21.0. The topological polar surface area (TPSA) is 98.9 Å². The Balaban J connectivity index is 1.20. The molecule has 2 fully saturated rings. The van der Waals surface area contributed by atoms with E-state index in [9.17, 15) is 4.79 Å². The maximum Gasteiger partial charge on any atom is 0.229 e. The highest BCUT2D eigenvalue weighted by Gasteiger charge is 2.33. The summed E-state index contributed by atoms with van der Waals surface area (Å²) in [5.41, 5.74) is 2.02. The second kappa shape index (κ2) is 10.5. The summed E-state index contributed by atoms with van der Waals surface area (Å²) in [7, 11) is 1.62. The predicted molar refractivity (Wildman–Crippen MR) is 135 cm³/mol. The van der Waals surface area contributed by atoms with Crippen molar-refractivity contribution in [3.63, 3.8) is 0 Å². The molecule has 3 aromatic rings. The van der Waals surface area contributed by atoms with E-state index in [1.54, 1.807) is 7.11 Å². The molecule has 0 spiro atoms. The molecule has 9 nitrogen and oxygen atoms in total. The van der Waals surface area contributed by atoms with Crippen LogP contribution in [0.3, 0.4) is 0 Å². The Morgan fingerprint density at radius 2 is 2.03 bits per heavy atom. The Morgan fingerprint density at radius 1 is 1.11 bits per heavy atom. The summed E-state index contributed by atoms with van der Waals surface area (Å²) in [5.74, 6) is 3.90. The molecular formula is C28H32N4O5. The van der Waals surface area contributed by atoms with Gasteiger partial charge in [0.25, 0.3) is 0 Å². The predicted octanol–water partition coefficient (Wildman–Crippen LogP) is 3.97. The Morgan fingerprint density at radius 3 is 2.89 bits per heavy atom. The first kappa shape index (κ1) is 23.9. The zero-order chi connectivity index (χ0) is 25.2. The van der Waals surface area contributed by atoms with Crippen LogP contribution in [0.1, 0.15) is 54.4 Å². The number of benzene rings is 2. The van der Waals surface area contributed by atoms with Crippen LogP contribution in [0, 0.1) is 0 Å². The second-order valence-corrected chi connectivity index (χ2v) is 10.1. The summed E-state index contributed by atoms with van der Waals surface area (Å²) in [5, 5.41) is 7.42. The maximum absolute atomic E-state index is 13.0. The number of amides is 1. The van der Waals surface area contributed by atoms with E-state index in [1.165, 1.54) is 0 Å². The monoisotopic (exact) mass is 504 g/mol. The van der Waals surface area contributed by atoms with Crippen LogP contribution in [0.2, 0.25) is 0 Å².